The minimum absolute atomic E-state index is 0.122. The van der Waals surface area contributed by atoms with Crippen molar-refractivity contribution in [2.75, 3.05) is 6.54 Å². The molecule has 7 nitrogen and oxygen atoms in total. The van der Waals surface area contributed by atoms with E-state index >= 15 is 0 Å². The molecule has 1 heterocycles. The van der Waals surface area contributed by atoms with Crippen LogP contribution in [-0.4, -0.2) is 39.5 Å². The summed E-state index contributed by atoms with van der Waals surface area (Å²) in [5.74, 6) is -0.720. The van der Waals surface area contributed by atoms with Gasteiger partial charge in [0.15, 0.2) is 5.69 Å². The van der Waals surface area contributed by atoms with Crippen LogP contribution in [0.3, 0.4) is 0 Å². The highest BCUT2D eigenvalue weighted by Gasteiger charge is 2.12. The molecule has 7 heteroatoms. The summed E-state index contributed by atoms with van der Waals surface area (Å²) in [4.78, 5) is 24.6. The molecule has 116 valence electrons. The molecular weight excluding hydrogens is 284 g/mol. The van der Waals surface area contributed by atoms with Crippen LogP contribution in [0.2, 0.25) is 0 Å². The van der Waals surface area contributed by atoms with Crippen molar-refractivity contribution in [2.24, 2.45) is 0 Å². The number of benzene rings is 1. The predicted octanol–water partition coefficient (Wildman–Crippen LogP) is 1.34. The van der Waals surface area contributed by atoms with Crippen molar-refractivity contribution in [1.82, 2.24) is 20.3 Å². The summed E-state index contributed by atoms with van der Waals surface area (Å²) >= 11 is 0. The summed E-state index contributed by atoms with van der Waals surface area (Å²) in [5.41, 5.74) is 0.961. The van der Waals surface area contributed by atoms with Crippen molar-refractivity contribution >= 4 is 11.9 Å². The van der Waals surface area contributed by atoms with Crippen molar-refractivity contribution in [3.05, 3.63) is 42.2 Å². The van der Waals surface area contributed by atoms with Gasteiger partial charge in [-0.3, -0.25) is 9.59 Å². The maximum Gasteiger partial charge on any atom is 0.307 e. The molecular formula is C15H18N4O3. The van der Waals surface area contributed by atoms with Crippen LogP contribution in [0.15, 0.2) is 36.5 Å². The van der Waals surface area contributed by atoms with Crippen LogP contribution in [0, 0.1) is 0 Å². The van der Waals surface area contributed by atoms with Gasteiger partial charge in [-0.15, -0.1) is 5.10 Å². The fraction of sp³-hybridized carbons (Fsp3) is 0.333. The Labute approximate surface area is 128 Å². The van der Waals surface area contributed by atoms with Gasteiger partial charge in [0.25, 0.3) is 5.91 Å². The van der Waals surface area contributed by atoms with Crippen LogP contribution in [-0.2, 0) is 9.53 Å². The minimum Gasteiger partial charge on any atom is -0.463 e. The molecule has 0 bridgehead atoms. The van der Waals surface area contributed by atoms with E-state index in [1.165, 1.54) is 11.0 Å². The molecule has 0 unspecified atom stereocenters. The van der Waals surface area contributed by atoms with Gasteiger partial charge in [0.05, 0.1) is 24.4 Å². The number of nitrogens with one attached hydrogen (secondary N) is 1. The number of rotatable bonds is 6. The number of hydrogen-bond donors (Lipinski definition) is 1. The van der Waals surface area contributed by atoms with E-state index in [4.69, 9.17) is 4.74 Å². The summed E-state index contributed by atoms with van der Waals surface area (Å²) in [6.07, 6.45) is 1.35. The lowest BCUT2D eigenvalue weighted by atomic mass is 10.3. The Bertz CT molecular complexity index is 637. The largest absolute Gasteiger partial charge is 0.463 e. The number of carbonyl (C=O) groups is 2. The molecule has 0 aliphatic rings. The summed E-state index contributed by atoms with van der Waals surface area (Å²) in [7, 11) is 0. The first-order valence-corrected chi connectivity index (χ1v) is 7.01. The van der Waals surface area contributed by atoms with Gasteiger partial charge in [0.2, 0.25) is 0 Å². The first-order valence-electron chi connectivity index (χ1n) is 7.01. The summed E-state index contributed by atoms with van der Waals surface area (Å²) in [5, 5.41) is 10.8. The second-order valence-corrected chi connectivity index (χ2v) is 4.90. The van der Waals surface area contributed by atoms with Crippen LogP contribution in [0.25, 0.3) is 5.69 Å². The van der Waals surface area contributed by atoms with Gasteiger partial charge in [-0.05, 0) is 26.0 Å². The number of amides is 1. The number of hydrogen-bond acceptors (Lipinski definition) is 5. The zero-order chi connectivity index (χ0) is 15.9. The Balaban J connectivity index is 1.86. The maximum absolute atomic E-state index is 11.9. The van der Waals surface area contributed by atoms with E-state index in [1.807, 2.05) is 30.3 Å². The van der Waals surface area contributed by atoms with Gasteiger partial charge in [0, 0.05) is 6.54 Å². The van der Waals surface area contributed by atoms with E-state index < -0.39 is 0 Å². The monoisotopic (exact) mass is 302 g/mol. The van der Waals surface area contributed by atoms with Crippen molar-refractivity contribution in [2.45, 2.75) is 26.4 Å². The summed E-state index contributed by atoms with van der Waals surface area (Å²) in [6, 6.07) is 9.28. The number of esters is 1. The second kappa shape index (κ2) is 7.35. The fourth-order valence-electron chi connectivity index (χ4n) is 1.74. The van der Waals surface area contributed by atoms with Gasteiger partial charge < -0.3 is 10.1 Å². The number of carbonyl (C=O) groups excluding carboxylic acids is 2. The third kappa shape index (κ3) is 4.41. The highest BCUT2D eigenvalue weighted by atomic mass is 16.5. The maximum atomic E-state index is 11.9. The van der Waals surface area contributed by atoms with Gasteiger partial charge in [-0.2, -0.15) is 9.90 Å². The van der Waals surface area contributed by atoms with E-state index in [2.05, 4.69) is 15.5 Å². The van der Waals surface area contributed by atoms with Gasteiger partial charge in [-0.1, -0.05) is 18.2 Å². The Morgan fingerprint density at radius 1 is 1.27 bits per heavy atom. The zero-order valence-electron chi connectivity index (χ0n) is 12.5. The van der Waals surface area contributed by atoms with Crippen molar-refractivity contribution in [1.29, 1.82) is 0 Å². The molecule has 0 radical (unpaired) electrons. The third-order valence-electron chi connectivity index (χ3n) is 2.69. The van der Waals surface area contributed by atoms with E-state index in [-0.39, 0.29) is 36.6 Å². The standard InChI is InChI=1S/C15H18N4O3/c1-11(2)22-14(20)8-9-16-15(21)13-10-17-19(18-13)12-6-4-3-5-7-12/h3-7,10-11H,8-9H2,1-2H3,(H,16,21). The molecule has 2 aromatic rings. The summed E-state index contributed by atoms with van der Waals surface area (Å²) in [6.45, 7) is 3.75. The smallest absolute Gasteiger partial charge is 0.307 e. The molecule has 0 aliphatic heterocycles. The average Bonchev–Trinajstić information content (AvgIpc) is 2.97. The van der Waals surface area contributed by atoms with Crippen molar-refractivity contribution in [3.8, 4) is 5.69 Å². The Hall–Kier alpha value is -2.70. The molecule has 2 rings (SSSR count). The molecule has 1 aromatic heterocycles. The summed E-state index contributed by atoms with van der Waals surface area (Å²) < 4.78 is 4.98. The molecule has 0 fully saturated rings. The fourth-order valence-corrected chi connectivity index (χ4v) is 1.74. The minimum atomic E-state index is -0.375. The molecule has 1 N–H and O–H groups in total. The first-order chi connectivity index (χ1) is 10.6. The molecule has 22 heavy (non-hydrogen) atoms. The van der Waals surface area contributed by atoms with Crippen molar-refractivity contribution in [3.63, 3.8) is 0 Å². The molecule has 1 amide bonds. The van der Waals surface area contributed by atoms with E-state index in [1.54, 1.807) is 13.8 Å². The lowest BCUT2D eigenvalue weighted by Crippen LogP contribution is -2.27. The number of ether oxygens (including phenoxy) is 1. The Kier molecular flexibility index (Phi) is 5.24. The third-order valence-corrected chi connectivity index (χ3v) is 2.69. The highest BCUT2D eigenvalue weighted by Crippen LogP contribution is 2.04. The van der Waals surface area contributed by atoms with Crippen LogP contribution in [0.4, 0.5) is 0 Å². The van der Waals surface area contributed by atoms with E-state index in [0.717, 1.165) is 5.69 Å². The normalized spacial score (nSPS) is 10.5. The quantitative estimate of drug-likeness (QED) is 0.814. The first kappa shape index (κ1) is 15.7. The second-order valence-electron chi connectivity index (χ2n) is 4.90. The van der Waals surface area contributed by atoms with Gasteiger partial charge >= 0.3 is 5.97 Å². The Morgan fingerprint density at radius 3 is 2.68 bits per heavy atom. The SMILES string of the molecule is CC(C)OC(=O)CCNC(=O)c1cnn(-c2ccccc2)n1. The molecule has 0 saturated carbocycles. The van der Waals surface area contributed by atoms with Crippen LogP contribution >= 0.6 is 0 Å². The molecule has 0 atom stereocenters. The van der Waals surface area contributed by atoms with E-state index in [9.17, 15) is 9.59 Å². The molecule has 0 aliphatic carbocycles. The van der Waals surface area contributed by atoms with Crippen molar-refractivity contribution < 1.29 is 14.3 Å². The van der Waals surface area contributed by atoms with E-state index in [0.29, 0.717) is 0 Å². The topological polar surface area (TPSA) is 86.1 Å². The number of aromatic nitrogens is 3. The molecule has 0 saturated heterocycles. The lowest BCUT2D eigenvalue weighted by molar-refractivity contribution is -0.147. The average molecular weight is 302 g/mol. The van der Waals surface area contributed by atoms with Crippen LogP contribution in [0.5, 0.6) is 0 Å². The number of para-hydroxylation sites is 1. The Morgan fingerprint density at radius 2 is 2.00 bits per heavy atom. The highest BCUT2D eigenvalue weighted by molar-refractivity contribution is 5.92. The molecule has 1 aromatic carbocycles. The zero-order valence-corrected chi connectivity index (χ0v) is 12.5. The predicted molar refractivity (Wildman–Crippen MR) is 79.5 cm³/mol. The van der Waals surface area contributed by atoms with Crippen LogP contribution in [0.1, 0.15) is 30.8 Å². The van der Waals surface area contributed by atoms with Gasteiger partial charge in [-0.25, -0.2) is 0 Å². The number of nitrogens with zero attached hydrogens (tertiary/aromatic N) is 3. The van der Waals surface area contributed by atoms with Crippen LogP contribution < -0.4 is 5.32 Å². The molecule has 0 spiro atoms. The van der Waals surface area contributed by atoms with Gasteiger partial charge in [0.1, 0.15) is 0 Å². The lowest BCUT2D eigenvalue weighted by Gasteiger charge is -2.07.